The molecule has 1 unspecified atom stereocenters. The normalized spacial score (nSPS) is 30.4. The van der Waals surface area contributed by atoms with Gasteiger partial charge in [0.25, 0.3) is 0 Å². The second kappa shape index (κ2) is 4.71. The third-order valence-electron chi connectivity index (χ3n) is 4.07. The van der Waals surface area contributed by atoms with Crippen molar-refractivity contribution in [1.29, 1.82) is 0 Å². The van der Waals surface area contributed by atoms with Gasteiger partial charge in [-0.1, -0.05) is 0 Å². The molecule has 4 rings (SSSR count). The maximum absolute atomic E-state index is 12.5. The van der Waals surface area contributed by atoms with E-state index < -0.39 is 11.7 Å². The number of benzene rings is 1. The van der Waals surface area contributed by atoms with E-state index in [0.717, 1.165) is 44.6 Å². The van der Waals surface area contributed by atoms with E-state index >= 15 is 0 Å². The monoisotopic (exact) mass is 271 g/mol. The molecule has 0 aromatic heterocycles. The summed E-state index contributed by atoms with van der Waals surface area (Å²) in [4.78, 5) is 2.36. The minimum Gasteiger partial charge on any atom is -0.489 e. The Morgan fingerprint density at radius 2 is 1.68 bits per heavy atom. The van der Waals surface area contributed by atoms with Crippen LogP contribution in [0.5, 0.6) is 5.75 Å². The first-order valence-corrected chi connectivity index (χ1v) is 6.58. The third-order valence-corrected chi connectivity index (χ3v) is 4.07. The van der Waals surface area contributed by atoms with Gasteiger partial charge in [-0.3, -0.25) is 4.90 Å². The fourth-order valence-electron chi connectivity index (χ4n) is 2.94. The van der Waals surface area contributed by atoms with Crippen molar-refractivity contribution in [2.24, 2.45) is 5.92 Å². The van der Waals surface area contributed by atoms with E-state index in [1.54, 1.807) is 0 Å². The fourth-order valence-corrected chi connectivity index (χ4v) is 2.94. The van der Waals surface area contributed by atoms with Crippen LogP contribution < -0.4 is 4.74 Å². The van der Waals surface area contributed by atoms with Crippen LogP contribution in [0.3, 0.4) is 0 Å². The first-order chi connectivity index (χ1) is 9.02. The van der Waals surface area contributed by atoms with Crippen molar-refractivity contribution in [1.82, 2.24) is 4.90 Å². The lowest BCUT2D eigenvalue weighted by Crippen LogP contribution is -2.52. The van der Waals surface area contributed by atoms with Crippen molar-refractivity contribution in [3.8, 4) is 5.75 Å². The average Bonchev–Trinajstić information content (AvgIpc) is 2.40. The Morgan fingerprint density at radius 3 is 2.16 bits per heavy atom. The summed E-state index contributed by atoms with van der Waals surface area (Å²) in [7, 11) is 0. The largest absolute Gasteiger partial charge is 0.489 e. The SMILES string of the molecule is FC(F)(F)c1ccc(OC2CN3CCC2CC3)cc1. The summed E-state index contributed by atoms with van der Waals surface area (Å²) in [5, 5.41) is 0. The van der Waals surface area contributed by atoms with Gasteiger partial charge in [0.1, 0.15) is 11.9 Å². The van der Waals surface area contributed by atoms with Crippen LogP contribution in [0.4, 0.5) is 13.2 Å². The molecule has 3 aliphatic heterocycles. The van der Waals surface area contributed by atoms with Crippen molar-refractivity contribution in [2.45, 2.75) is 25.1 Å². The summed E-state index contributed by atoms with van der Waals surface area (Å²) in [5.74, 6) is 1.08. The van der Waals surface area contributed by atoms with Gasteiger partial charge in [0.2, 0.25) is 0 Å². The lowest BCUT2D eigenvalue weighted by molar-refractivity contribution is -0.137. The smallest absolute Gasteiger partial charge is 0.416 e. The molecule has 0 aliphatic carbocycles. The molecule has 2 nitrogen and oxygen atoms in total. The fraction of sp³-hybridized carbons (Fsp3) is 0.571. The van der Waals surface area contributed by atoms with Gasteiger partial charge < -0.3 is 4.74 Å². The molecule has 1 atom stereocenters. The summed E-state index contributed by atoms with van der Waals surface area (Å²) < 4.78 is 43.2. The number of piperidine rings is 3. The molecule has 1 aromatic carbocycles. The number of hydrogen-bond acceptors (Lipinski definition) is 2. The Morgan fingerprint density at radius 1 is 1.05 bits per heavy atom. The van der Waals surface area contributed by atoms with Crippen LogP contribution in [0, 0.1) is 5.92 Å². The van der Waals surface area contributed by atoms with Crippen LogP contribution >= 0.6 is 0 Å². The van der Waals surface area contributed by atoms with E-state index in [1.807, 2.05) is 0 Å². The standard InChI is InChI=1S/C14H16F3NO/c15-14(16,17)11-1-3-12(4-2-11)19-13-9-18-7-5-10(13)6-8-18/h1-4,10,13H,5-9H2. The molecule has 0 saturated carbocycles. The Bertz CT molecular complexity index is 435. The Balaban J connectivity index is 1.67. The summed E-state index contributed by atoms with van der Waals surface area (Å²) in [6.45, 7) is 3.14. The van der Waals surface area contributed by atoms with Crippen LogP contribution in [0.25, 0.3) is 0 Å². The minimum atomic E-state index is -4.28. The molecule has 19 heavy (non-hydrogen) atoms. The molecule has 1 aromatic rings. The van der Waals surface area contributed by atoms with Gasteiger partial charge >= 0.3 is 6.18 Å². The summed E-state index contributed by atoms with van der Waals surface area (Å²) in [6.07, 6.45) is -1.90. The van der Waals surface area contributed by atoms with Crippen LogP contribution in [0.15, 0.2) is 24.3 Å². The Labute approximate surface area is 110 Å². The van der Waals surface area contributed by atoms with Crippen LogP contribution in [-0.4, -0.2) is 30.6 Å². The highest BCUT2D eigenvalue weighted by Crippen LogP contribution is 2.33. The number of halogens is 3. The van der Waals surface area contributed by atoms with Gasteiger partial charge in [0.15, 0.2) is 0 Å². The van der Waals surface area contributed by atoms with Crippen molar-refractivity contribution >= 4 is 0 Å². The number of fused-ring (bicyclic) bond motifs is 3. The summed E-state index contributed by atoms with van der Waals surface area (Å²) in [6, 6.07) is 4.99. The first-order valence-electron chi connectivity index (χ1n) is 6.58. The van der Waals surface area contributed by atoms with E-state index in [4.69, 9.17) is 4.74 Å². The molecule has 0 spiro atoms. The Hall–Kier alpha value is -1.23. The highest BCUT2D eigenvalue weighted by Gasteiger charge is 2.35. The van der Waals surface area contributed by atoms with E-state index in [9.17, 15) is 13.2 Å². The lowest BCUT2D eigenvalue weighted by Gasteiger charge is -2.44. The summed E-state index contributed by atoms with van der Waals surface area (Å²) in [5.41, 5.74) is -0.631. The molecule has 5 heteroatoms. The van der Waals surface area contributed by atoms with E-state index in [1.165, 1.54) is 12.1 Å². The van der Waals surface area contributed by atoms with Crippen LogP contribution in [-0.2, 0) is 6.18 Å². The molecule has 0 N–H and O–H groups in total. The molecule has 0 radical (unpaired) electrons. The quantitative estimate of drug-likeness (QED) is 0.819. The maximum atomic E-state index is 12.5. The molecule has 3 heterocycles. The second-order valence-corrected chi connectivity index (χ2v) is 5.32. The van der Waals surface area contributed by atoms with Crippen molar-refractivity contribution < 1.29 is 17.9 Å². The second-order valence-electron chi connectivity index (χ2n) is 5.32. The van der Waals surface area contributed by atoms with Gasteiger partial charge in [0.05, 0.1) is 5.56 Å². The zero-order valence-electron chi connectivity index (χ0n) is 10.5. The number of rotatable bonds is 2. The van der Waals surface area contributed by atoms with Crippen LogP contribution in [0.2, 0.25) is 0 Å². The predicted molar refractivity (Wildman–Crippen MR) is 65.0 cm³/mol. The molecule has 3 saturated heterocycles. The molecule has 3 aliphatic rings. The molecule has 2 bridgehead atoms. The molecular weight excluding hydrogens is 255 g/mol. The maximum Gasteiger partial charge on any atom is 0.416 e. The zero-order valence-corrected chi connectivity index (χ0v) is 10.5. The predicted octanol–water partition coefficient (Wildman–Crippen LogP) is 3.18. The molecule has 104 valence electrons. The lowest BCUT2D eigenvalue weighted by atomic mass is 9.86. The van der Waals surface area contributed by atoms with Gasteiger partial charge in [-0.25, -0.2) is 0 Å². The zero-order chi connectivity index (χ0) is 13.5. The minimum absolute atomic E-state index is 0.124. The highest BCUT2D eigenvalue weighted by molar-refractivity contribution is 5.29. The first kappa shape index (κ1) is 12.8. The topological polar surface area (TPSA) is 12.5 Å². The average molecular weight is 271 g/mol. The van der Waals surface area contributed by atoms with Crippen molar-refractivity contribution in [2.75, 3.05) is 19.6 Å². The van der Waals surface area contributed by atoms with E-state index in [0.29, 0.717) is 11.7 Å². The number of alkyl halides is 3. The van der Waals surface area contributed by atoms with Crippen molar-refractivity contribution in [3.63, 3.8) is 0 Å². The van der Waals surface area contributed by atoms with Crippen LogP contribution in [0.1, 0.15) is 18.4 Å². The van der Waals surface area contributed by atoms with E-state index in [2.05, 4.69) is 4.90 Å². The Kier molecular flexibility index (Phi) is 3.17. The van der Waals surface area contributed by atoms with Gasteiger partial charge in [-0.15, -0.1) is 0 Å². The van der Waals surface area contributed by atoms with Gasteiger partial charge in [-0.05, 0) is 56.1 Å². The van der Waals surface area contributed by atoms with E-state index in [-0.39, 0.29) is 6.10 Å². The molecule has 0 amide bonds. The van der Waals surface area contributed by atoms with Crippen molar-refractivity contribution in [3.05, 3.63) is 29.8 Å². The number of ether oxygens (including phenoxy) is 1. The van der Waals surface area contributed by atoms with Gasteiger partial charge in [-0.2, -0.15) is 13.2 Å². The summed E-state index contributed by atoms with van der Waals surface area (Å²) >= 11 is 0. The number of hydrogen-bond donors (Lipinski definition) is 0. The number of nitrogens with zero attached hydrogens (tertiary/aromatic N) is 1. The molecular formula is C14H16F3NO. The third kappa shape index (κ3) is 2.71. The molecule has 3 fully saturated rings. The highest BCUT2D eigenvalue weighted by atomic mass is 19.4. The van der Waals surface area contributed by atoms with Gasteiger partial charge in [0, 0.05) is 6.54 Å².